The van der Waals surface area contributed by atoms with E-state index in [2.05, 4.69) is 42.9 Å². The van der Waals surface area contributed by atoms with Gasteiger partial charge in [0.25, 0.3) is 0 Å². The number of nitrogens with zero attached hydrogens (tertiary/aromatic N) is 2. The summed E-state index contributed by atoms with van der Waals surface area (Å²) in [6, 6.07) is 3.48. The van der Waals surface area contributed by atoms with E-state index >= 15 is 0 Å². The van der Waals surface area contributed by atoms with Crippen molar-refractivity contribution in [1.82, 2.24) is 9.88 Å². The third kappa shape index (κ3) is 4.68. The fraction of sp³-hybridized carbons (Fsp3) is 0.667. The van der Waals surface area contributed by atoms with Crippen LogP contribution in [0.2, 0.25) is 0 Å². The number of carbonyl (C=O) groups excluding carboxylic acids is 1. The molecule has 1 N–H and O–H groups in total. The van der Waals surface area contributed by atoms with E-state index in [1.54, 1.807) is 25.3 Å². The lowest BCUT2D eigenvalue weighted by molar-refractivity contribution is -0.0933. The molecular formula is C18H29N3O3. The quantitative estimate of drug-likeness (QED) is 0.806. The Morgan fingerprint density at radius 1 is 1.42 bits per heavy atom. The van der Waals surface area contributed by atoms with E-state index in [1.165, 1.54) is 0 Å². The first-order valence-electron chi connectivity index (χ1n) is 8.60. The van der Waals surface area contributed by atoms with Crippen LogP contribution >= 0.6 is 0 Å². The number of anilines is 1. The number of rotatable bonds is 6. The molecule has 0 aromatic carbocycles. The lowest BCUT2D eigenvalue weighted by Crippen LogP contribution is -2.57. The Kier molecular flexibility index (Phi) is 6.18. The average molecular weight is 335 g/mol. The molecule has 0 saturated carbocycles. The summed E-state index contributed by atoms with van der Waals surface area (Å²) < 4.78 is 10.9. The number of ether oxygens (including phenoxy) is 2. The van der Waals surface area contributed by atoms with Crippen LogP contribution < -0.4 is 5.32 Å². The summed E-state index contributed by atoms with van der Waals surface area (Å²) in [6.07, 6.45) is 2.12. The maximum absolute atomic E-state index is 12.0. The third-order valence-corrected chi connectivity index (χ3v) is 4.27. The van der Waals surface area contributed by atoms with Crippen molar-refractivity contribution in [3.05, 3.63) is 23.9 Å². The molecule has 24 heavy (non-hydrogen) atoms. The van der Waals surface area contributed by atoms with Gasteiger partial charge in [0.1, 0.15) is 11.4 Å². The fourth-order valence-electron chi connectivity index (χ4n) is 3.00. The summed E-state index contributed by atoms with van der Waals surface area (Å²) in [5.74, 6) is 0.220. The lowest BCUT2D eigenvalue weighted by atomic mass is 10.00. The molecule has 134 valence electrons. The van der Waals surface area contributed by atoms with E-state index in [9.17, 15) is 4.79 Å². The predicted octanol–water partition coefficient (Wildman–Crippen LogP) is 2.56. The van der Waals surface area contributed by atoms with Crippen LogP contribution in [-0.2, 0) is 9.47 Å². The zero-order valence-corrected chi connectivity index (χ0v) is 15.3. The minimum Gasteiger partial charge on any atom is -0.462 e. The lowest BCUT2D eigenvalue weighted by Gasteiger charge is -2.45. The molecule has 1 aromatic rings. The Morgan fingerprint density at radius 2 is 2.08 bits per heavy atom. The van der Waals surface area contributed by atoms with E-state index < -0.39 is 0 Å². The molecule has 0 bridgehead atoms. The Labute approximate surface area is 144 Å². The fourth-order valence-corrected chi connectivity index (χ4v) is 3.00. The molecule has 0 radical (unpaired) electrons. The molecule has 1 aromatic heterocycles. The largest absolute Gasteiger partial charge is 0.462 e. The van der Waals surface area contributed by atoms with Gasteiger partial charge in [-0.15, -0.1) is 0 Å². The van der Waals surface area contributed by atoms with Crippen LogP contribution in [0, 0.1) is 0 Å². The van der Waals surface area contributed by atoms with Gasteiger partial charge in [0.2, 0.25) is 0 Å². The van der Waals surface area contributed by atoms with Gasteiger partial charge in [0, 0.05) is 31.4 Å². The number of esters is 1. The van der Waals surface area contributed by atoms with E-state index in [4.69, 9.17) is 9.47 Å². The zero-order chi connectivity index (χ0) is 17.7. The van der Waals surface area contributed by atoms with Gasteiger partial charge in [-0.05, 0) is 46.8 Å². The summed E-state index contributed by atoms with van der Waals surface area (Å²) in [6.45, 7) is 13.2. The van der Waals surface area contributed by atoms with Crippen molar-refractivity contribution in [3.8, 4) is 0 Å². The molecule has 0 spiro atoms. The molecule has 0 aliphatic carbocycles. The molecule has 6 nitrogen and oxygen atoms in total. The van der Waals surface area contributed by atoms with Gasteiger partial charge >= 0.3 is 5.97 Å². The molecule has 1 aliphatic heterocycles. The Hall–Kier alpha value is -1.66. The van der Waals surface area contributed by atoms with Crippen LogP contribution in [0.25, 0.3) is 0 Å². The van der Waals surface area contributed by atoms with Crippen LogP contribution in [0.15, 0.2) is 18.3 Å². The SMILES string of the molecule is CCOC(=O)c1cccnc1NCC(C)(C)N1C[C@@H](C)O[C@H](C)C1. The van der Waals surface area contributed by atoms with E-state index in [1.807, 2.05) is 0 Å². The molecule has 1 aliphatic rings. The molecule has 2 rings (SSSR count). The van der Waals surface area contributed by atoms with Crippen LogP contribution in [-0.4, -0.2) is 59.8 Å². The summed E-state index contributed by atoms with van der Waals surface area (Å²) >= 11 is 0. The first-order chi connectivity index (χ1) is 11.3. The minimum atomic E-state index is -0.348. The average Bonchev–Trinajstić information content (AvgIpc) is 2.52. The van der Waals surface area contributed by atoms with Crippen molar-refractivity contribution >= 4 is 11.8 Å². The third-order valence-electron chi connectivity index (χ3n) is 4.27. The maximum atomic E-state index is 12.0. The Bertz CT molecular complexity index is 552. The van der Waals surface area contributed by atoms with Crippen LogP contribution in [0.3, 0.4) is 0 Å². The highest BCUT2D eigenvalue weighted by atomic mass is 16.5. The molecule has 1 saturated heterocycles. The first kappa shape index (κ1) is 18.7. The van der Waals surface area contributed by atoms with Gasteiger partial charge in [-0.1, -0.05) is 0 Å². The van der Waals surface area contributed by atoms with E-state index in [0.29, 0.717) is 24.5 Å². The molecule has 0 unspecified atom stereocenters. The van der Waals surface area contributed by atoms with E-state index in [-0.39, 0.29) is 23.7 Å². The maximum Gasteiger partial charge on any atom is 0.341 e. The molecule has 2 atom stereocenters. The monoisotopic (exact) mass is 335 g/mol. The Morgan fingerprint density at radius 3 is 2.71 bits per heavy atom. The smallest absolute Gasteiger partial charge is 0.341 e. The summed E-state index contributed by atoms with van der Waals surface area (Å²) in [7, 11) is 0. The summed E-state index contributed by atoms with van der Waals surface area (Å²) in [5, 5.41) is 3.33. The normalized spacial score (nSPS) is 22.2. The molecular weight excluding hydrogens is 306 g/mol. The highest BCUT2D eigenvalue weighted by Crippen LogP contribution is 2.22. The number of carbonyl (C=O) groups is 1. The van der Waals surface area contributed by atoms with Gasteiger partial charge in [0.05, 0.1) is 18.8 Å². The van der Waals surface area contributed by atoms with Crippen molar-refractivity contribution in [1.29, 1.82) is 0 Å². The van der Waals surface area contributed by atoms with Crippen LogP contribution in [0.1, 0.15) is 45.0 Å². The van der Waals surface area contributed by atoms with Crippen LogP contribution in [0.5, 0.6) is 0 Å². The molecule has 6 heteroatoms. The Balaban J connectivity index is 2.05. The molecule has 0 amide bonds. The van der Waals surface area contributed by atoms with E-state index in [0.717, 1.165) is 13.1 Å². The van der Waals surface area contributed by atoms with Crippen molar-refractivity contribution in [2.75, 3.05) is 31.6 Å². The zero-order valence-electron chi connectivity index (χ0n) is 15.3. The minimum absolute atomic E-state index is 0.0875. The number of hydrogen-bond acceptors (Lipinski definition) is 6. The van der Waals surface area contributed by atoms with Crippen molar-refractivity contribution in [3.63, 3.8) is 0 Å². The number of pyridine rings is 1. The standard InChI is InChI=1S/C18H29N3O3/c1-6-23-17(22)15-8-7-9-19-16(15)20-12-18(4,5)21-10-13(2)24-14(3)11-21/h7-9,13-14H,6,10-12H2,1-5H3,(H,19,20)/t13-,14-/m1/s1. The number of nitrogens with one attached hydrogen (secondary N) is 1. The van der Waals surface area contributed by atoms with Gasteiger partial charge in [-0.2, -0.15) is 0 Å². The second-order valence-electron chi connectivity index (χ2n) is 6.95. The predicted molar refractivity (Wildman–Crippen MR) is 94.3 cm³/mol. The van der Waals surface area contributed by atoms with Crippen molar-refractivity contribution in [2.24, 2.45) is 0 Å². The highest BCUT2D eigenvalue weighted by Gasteiger charge is 2.33. The number of aromatic nitrogens is 1. The topological polar surface area (TPSA) is 63.7 Å². The first-order valence-corrected chi connectivity index (χ1v) is 8.60. The highest BCUT2D eigenvalue weighted by molar-refractivity contribution is 5.94. The van der Waals surface area contributed by atoms with Gasteiger partial charge < -0.3 is 14.8 Å². The van der Waals surface area contributed by atoms with Crippen LogP contribution in [0.4, 0.5) is 5.82 Å². The second kappa shape index (κ2) is 7.94. The van der Waals surface area contributed by atoms with Gasteiger partial charge in [0.15, 0.2) is 0 Å². The molecule has 1 fully saturated rings. The number of hydrogen-bond donors (Lipinski definition) is 1. The summed E-state index contributed by atoms with van der Waals surface area (Å²) in [4.78, 5) is 18.8. The van der Waals surface area contributed by atoms with Gasteiger partial charge in [-0.3, -0.25) is 4.90 Å². The van der Waals surface area contributed by atoms with Gasteiger partial charge in [-0.25, -0.2) is 9.78 Å². The number of morpholine rings is 1. The summed E-state index contributed by atoms with van der Waals surface area (Å²) in [5.41, 5.74) is 0.384. The van der Waals surface area contributed by atoms with Crippen molar-refractivity contribution < 1.29 is 14.3 Å². The second-order valence-corrected chi connectivity index (χ2v) is 6.95. The molecule has 2 heterocycles. The van der Waals surface area contributed by atoms with Crippen molar-refractivity contribution in [2.45, 2.75) is 52.4 Å².